The number of aldehydes is 1. The molecule has 1 atom stereocenters. The lowest BCUT2D eigenvalue weighted by Crippen LogP contribution is -2.11. The highest BCUT2D eigenvalue weighted by Crippen LogP contribution is 2.43. The lowest BCUT2D eigenvalue weighted by molar-refractivity contribution is 0.111. The van der Waals surface area contributed by atoms with Crippen molar-refractivity contribution in [1.29, 1.82) is 0 Å². The molecule has 0 heterocycles. The fourth-order valence-corrected chi connectivity index (χ4v) is 3.95. The molecule has 0 aromatic heterocycles. The van der Waals surface area contributed by atoms with Gasteiger partial charge in [0.05, 0.1) is 16.3 Å². The van der Waals surface area contributed by atoms with E-state index in [2.05, 4.69) is 0 Å². The SMILES string of the molecule is Nc1cccc(-c2cccc3c2CCC3Oc2c(F)c(F)c(C=O)c(F)c2F)c1Cl. The van der Waals surface area contributed by atoms with E-state index in [0.717, 1.165) is 11.1 Å². The van der Waals surface area contributed by atoms with Crippen LogP contribution in [0.25, 0.3) is 11.1 Å². The van der Waals surface area contributed by atoms with Crippen LogP contribution in [0.1, 0.15) is 34.0 Å². The van der Waals surface area contributed by atoms with E-state index < -0.39 is 40.7 Å². The van der Waals surface area contributed by atoms with Crippen LogP contribution in [0.3, 0.4) is 0 Å². The molecule has 1 unspecified atom stereocenters. The summed E-state index contributed by atoms with van der Waals surface area (Å²) in [6.45, 7) is 0. The topological polar surface area (TPSA) is 52.3 Å². The number of fused-ring (bicyclic) bond motifs is 1. The van der Waals surface area contributed by atoms with Gasteiger partial charge in [-0.3, -0.25) is 4.79 Å². The molecule has 0 aliphatic heterocycles. The Morgan fingerprint density at radius 1 is 0.967 bits per heavy atom. The molecule has 1 aliphatic carbocycles. The summed E-state index contributed by atoms with van der Waals surface area (Å²) in [5.41, 5.74) is 7.90. The van der Waals surface area contributed by atoms with Crippen LogP contribution in [0.5, 0.6) is 5.75 Å². The third-order valence-corrected chi connectivity index (χ3v) is 5.59. The first-order valence-corrected chi connectivity index (χ1v) is 9.36. The first-order valence-electron chi connectivity index (χ1n) is 8.99. The van der Waals surface area contributed by atoms with Crippen LogP contribution in [0, 0.1) is 23.3 Å². The molecule has 8 heteroatoms. The molecule has 0 radical (unpaired) electrons. The summed E-state index contributed by atoms with van der Waals surface area (Å²) in [5.74, 6) is -8.28. The van der Waals surface area contributed by atoms with Gasteiger partial charge in [0.25, 0.3) is 0 Å². The standard InChI is InChI=1S/C22H14ClF4NO2/c23-17-13(5-2-6-15(17)28)10-3-1-4-12-11(10)7-8-16(12)30-22-20(26)18(24)14(9-29)19(25)21(22)27/h1-6,9,16H,7-8,28H2. The van der Waals surface area contributed by atoms with Crippen molar-refractivity contribution in [1.82, 2.24) is 0 Å². The zero-order valence-electron chi connectivity index (χ0n) is 15.3. The molecular formula is C22H14ClF4NO2. The number of halogens is 5. The van der Waals surface area contributed by atoms with Crippen LogP contribution in [0.4, 0.5) is 23.2 Å². The Morgan fingerprint density at radius 3 is 2.27 bits per heavy atom. The van der Waals surface area contributed by atoms with Gasteiger partial charge < -0.3 is 10.5 Å². The number of carbonyl (C=O) groups excluding carboxylic acids is 1. The Kier molecular flexibility index (Phi) is 5.15. The average Bonchev–Trinajstić information content (AvgIpc) is 3.15. The van der Waals surface area contributed by atoms with Crippen LogP contribution in [0.2, 0.25) is 5.02 Å². The average molecular weight is 436 g/mol. The van der Waals surface area contributed by atoms with Gasteiger partial charge in [0.2, 0.25) is 11.6 Å². The number of anilines is 1. The Hall–Kier alpha value is -3.06. The van der Waals surface area contributed by atoms with Gasteiger partial charge in [-0.05, 0) is 35.6 Å². The summed E-state index contributed by atoms with van der Waals surface area (Å²) in [7, 11) is 0. The van der Waals surface area contributed by atoms with Crippen LogP contribution < -0.4 is 10.5 Å². The first-order chi connectivity index (χ1) is 14.3. The smallest absolute Gasteiger partial charge is 0.204 e. The van der Waals surface area contributed by atoms with E-state index in [1.165, 1.54) is 0 Å². The summed E-state index contributed by atoms with van der Waals surface area (Å²) >= 11 is 6.33. The van der Waals surface area contributed by atoms with Gasteiger partial charge in [0, 0.05) is 5.56 Å². The predicted molar refractivity (Wildman–Crippen MR) is 105 cm³/mol. The van der Waals surface area contributed by atoms with Crippen LogP contribution in [-0.2, 0) is 6.42 Å². The Morgan fingerprint density at radius 2 is 1.60 bits per heavy atom. The van der Waals surface area contributed by atoms with Crippen molar-refractivity contribution in [3.63, 3.8) is 0 Å². The lowest BCUT2D eigenvalue weighted by Gasteiger charge is -2.18. The molecule has 1 aliphatic rings. The molecule has 3 aromatic rings. The van der Waals surface area contributed by atoms with Crippen molar-refractivity contribution in [2.75, 3.05) is 5.73 Å². The second-order valence-corrected chi connectivity index (χ2v) is 7.22. The quantitative estimate of drug-likeness (QED) is 0.236. The Balaban J connectivity index is 1.76. The third kappa shape index (κ3) is 3.10. The van der Waals surface area contributed by atoms with E-state index in [1.807, 2.05) is 6.07 Å². The summed E-state index contributed by atoms with van der Waals surface area (Å²) in [5, 5.41) is 0.376. The minimum Gasteiger partial charge on any atom is -0.479 e. The summed E-state index contributed by atoms with van der Waals surface area (Å²) < 4.78 is 61.7. The number of rotatable bonds is 4. The highest BCUT2D eigenvalue weighted by atomic mass is 35.5. The number of nitrogen functional groups attached to an aromatic ring is 1. The van der Waals surface area contributed by atoms with Crippen molar-refractivity contribution in [3.05, 3.63) is 81.4 Å². The summed E-state index contributed by atoms with van der Waals surface area (Å²) in [6.07, 6.45) is -0.316. The zero-order chi connectivity index (χ0) is 21.6. The van der Waals surface area contributed by atoms with Crippen LogP contribution >= 0.6 is 11.6 Å². The lowest BCUT2D eigenvalue weighted by atomic mass is 9.96. The molecule has 3 aromatic carbocycles. The van der Waals surface area contributed by atoms with E-state index in [9.17, 15) is 22.4 Å². The van der Waals surface area contributed by atoms with Crippen molar-refractivity contribution >= 4 is 23.6 Å². The number of hydrogen-bond acceptors (Lipinski definition) is 3. The number of benzene rings is 3. The van der Waals surface area contributed by atoms with E-state index in [4.69, 9.17) is 22.1 Å². The first kappa shape index (κ1) is 20.2. The van der Waals surface area contributed by atoms with Gasteiger partial charge in [-0.15, -0.1) is 0 Å². The molecule has 2 N–H and O–H groups in total. The molecule has 0 saturated heterocycles. The van der Waals surface area contributed by atoms with Crippen molar-refractivity contribution in [3.8, 4) is 16.9 Å². The van der Waals surface area contributed by atoms with E-state index >= 15 is 0 Å². The zero-order valence-corrected chi connectivity index (χ0v) is 16.1. The highest BCUT2D eigenvalue weighted by molar-refractivity contribution is 6.35. The molecule has 154 valence electrons. The molecule has 0 saturated carbocycles. The predicted octanol–water partition coefficient (Wildman–Crippen LogP) is 6.02. The molecule has 3 nitrogen and oxygen atoms in total. The fourth-order valence-electron chi connectivity index (χ4n) is 3.73. The molecule has 0 spiro atoms. The number of hydrogen-bond donors (Lipinski definition) is 1. The van der Waals surface area contributed by atoms with Gasteiger partial charge in [-0.25, -0.2) is 8.78 Å². The number of carbonyl (C=O) groups is 1. The monoisotopic (exact) mass is 435 g/mol. The molecule has 0 fully saturated rings. The maximum Gasteiger partial charge on any atom is 0.204 e. The Labute approximate surface area is 174 Å². The van der Waals surface area contributed by atoms with E-state index in [0.29, 0.717) is 34.7 Å². The van der Waals surface area contributed by atoms with Crippen LogP contribution in [0.15, 0.2) is 36.4 Å². The Bertz CT molecular complexity index is 1150. The second-order valence-electron chi connectivity index (χ2n) is 6.84. The summed E-state index contributed by atoms with van der Waals surface area (Å²) in [4.78, 5) is 10.7. The van der Waals surface area contributed by atoms with E-state index in [-0.39, 0.29) is 6.29 Å². The third-order valence-electron chi connectivity index (χ3n) is 5.17. The van der Waals surface area contributed by atoms with Gasteiger partial charge in [-0.1, -0.05) is 41.9 Å². The van der Waals surface area contributed by atoms with Crippen molar-refractivity contribution in [2.24, 2.45) is 0 Å². The molecule has 30 heavy (non-hydrogen) atoms. The van der Waals surface area contributed by atoms with Gasteiger partial charge in [-0.2, -0.15) is 8.78 Å². The van der Waals surface area contributed by atoms with Gasteiger partial charge >= 0.3 is 0 Å². The normalized spacial score (nSPS) is 15.2. The van der Waals surface area contributed by atoms with Crippen molar-refractivity contribution < 1.29 is 27.1 Å². The van der Waals surface area contributed by atoms with Crippen molar-refractivity contribution in [2.45, 2.75) is 18.9 Å². The highest BCUT2D eigenvalue weighted by Gasteiger charge is 2.32. The van der Waals surface area contributed by atoms with Gasteiger partial charge in [0.15, 0.2) is 23.7 Å². The van der Waals surface area contributed by atoms with Crippen LogP contribution in [-0.4, -0.2) is 6.29 Å². The maximum atomic E-state index is 14.3. The van der Waals surface area contributed by atoms with E-state index in [1.54, 1.807) is 30.3 Å². The fraction of sp³-hybridized carbons (Fsp3) is 0.136. The minimum absolute atomic E-state index is 0.285. The molecular weight excluding hydrogens is 422 g/mol. The minimum atomic E-state index is -1.79. The molecule has 0 amide bonds. The summed E-state index contributed by atoms with van der Waals surface area (Å²) in [6, 6.07) is 10.5. The maximum absolute atomic E-state index is 14.3. The molecule has 0 bridgehead atoms. The largest absolute Gasteiger partial charge is 0.479 e. The van der Waals surface area contributed by atoms with Gasteiger partial charge in [0.1, 0.15) is 6.10 Å². The number of nitrogens with two attached hydrogens (primary N) is 1. The number of ether oxygens (including phenoxy) is 1. The second kappa shape index (κ2) is 7.65. The molecule has 4 rings (SSSR count).